The number of hydrogen-bond acceptors (Lipinski definition) is 4. The fourth-order valence-corrected chi connectivity index (χ4v) is 9.98. The Morgan fingerprint density at radius 3 is 1.08 bits per heavy atom. The Balaban J connectivity index is 1.13. The smallest absolute Gasteiger partial charge is 0.0972 e. The van der Waals surface area contributed by atoms with Crippen LogP contribution in [0, 0.1) is 41.5 Å². The second-order valence-electron chi connectivity index (χ2n) is 16.5. The molecule has 4 heteroatoms. The van der Waals surface area contributed by atoms with Gasteiger partial charge in [0.1, 0.15) is 0 Å². The third kappa shape index (κ3) is 5.22. The molecule has 0 saturated heterocycles. The summed E-state index contributed by atoms with van der Waals surface area (Å²) in [5.74, 6) is 0. The van der Waals surface area contributed by atoms with Gasteiger partial charge in [-0.2, -0.15) is 0 Å². The number of rotatable bonds is 4. The maximum absolute atomic E-state index is 5.32. The predicted molar refractivity (Wildman–Crippen MR) is 244 cm³/mol. The highest BCUT2D eigenvalue weighted by molar-refractivity contribution is 6.04. The normalized spacial score (nSPS) is 13.1. The van der Waals surface area contributed by atoms with E-state index < -0.39 is 5.41 Å². The highest BCUT2D eigenvalue weighted by Gasteiger charge is 2.47. The van der Waals surface area contributed by atoms with Gasteiger partial charge in [-0.1, -0.05) is 109 Å². The van der Waals surface area contributed by atoms with Crippen LogP contribution in [0.3, 0.4) is 0 Å². The van der Waals surface area contributed by atoms with E-state index in [0.717, 1.165) is 77.5 Å². The van der Waals surface area contributed by atoms with Crippen LogP contribution in [-0.2, 0) is 5.41 Å². The Kier molecular flexibility index (Phi) is 7.74. The summed E-state index contributed by atoms with van der Waals surface area (Å²) < 4.78 is 0. The Labute approximate surface area is 344 Å². The zero-order valence-electron chi connectivity index (χ0n) is 34.1. The summed E-state index contributed by atoms with van der Waals surface area (Å²) in [6.45, 7) is 13.1. The van der Waals surface area contributed by atoms with E-state index in [1.54, 1.807) is 0 Å². The van der Waals surface area contributed by atoms with Crippen LogP contribution >= 0.6 is 0 Å². The van der Waals surface area contributed by atoms with E-state index in [1.807, 2.05) is 13.8 Å². The summed E-state index contributed by atoms with van der Waals surface area (Å²) in [6, 6.07) is 53.3. The number of nitrogens with zero attached hydrogens (tertiary/aromatic N) is 4. The van der Waals surface area contributed by atoms with Gasteiger partial charge in [0.25, 0.3) is 0 Å². The number of fused-ring (bicyclic) bond motifs is 9. The lowest BCUT2D eigenvalue weighted by Crippen LogP contribution is -2.31. The molecule has 4 aromatic heterocycles. The SMILES string of the molecule is Cc1ccc2ccc3ccc(-c4cc(C)c(C5(c6cc(C)c(-c7ccc8ccc9ccc(C)nc9c8n7)cc6C)c6ccccc6-c6ccccc65)cc4C)nc3c2n1. The molecule has 0 saturated carbocycles. The quantitative estimate of drug-likeness (QED) is 0.168. The molecule has 0 N–H and O–H groups in total. The van der Waals surface area contributed by atoms with Gasteiger partial charge >= 0.3 is 0 Å². The molecule has 11 rings (SSSR count). The first-order chi connectivity index (χ1) is 28.7. The Bertz CT molecular complexity index is 3190. The number of hydrogen-bond donors (Lipinski definition) is 0. The largest absolute Gasteiger partial charge is 0.251 e. The Morgan fingerprint density at radius 1 is 0.305 bits per heavy atom. The topological polar surface area (TPSA) is 51.6 Å². The van der Waals surface area contributed by atoms with Crippen molar-refractivity contribution < 1.29 is 0 Å². The maximum Gasteiger partial charge on any atom is 0.0972 e. The van der Waals surface area contributed by atoms with Crippen molar-refractivity contribution in [3.63, 3.8) is 0 Å². The van der Waals surface area contributed by atoms with Crippen LogP contribution in [0.15, 0.2) is 146 Å². The molecule has 59 heavy (non-hydrogen) atoms. The first-order valence-electron chi connectivity index (χ1n) is 20.5. The van der Waals surface area contributed by atoms with Crippen molar-refractivity contribution in [1.29, 1.82) is 0 Å². The van der Waals surface area contributed by atoms with Crippen molar-refractivity contribution in [3.05, 3.63) is 201 Å². The molecule has 0 atom stereocenters. The van der Waals surface area contributed by atoms with Gasteiger partial charge in [0.2, 0.25) is 0 Å². The zero-order chi connectivity index (χ0) is 40.2. The minimum Gasteiger partial charge on any atom is -0.251 e. The Hall–Kier alpha value is -7.04. The van der Waals surface area contributed by atoms with Crippen molar-refractivity contribution in [2.75, 3.05) is 0 Å². The standard InChI is InChI=1S/C55H42N4/c1-31-29-47(33(3)27-43(31)49-25-23-39-21-19-37-17-15-35(5)56-51(37)53(39)58-49)55(45-13-9-7-11-41(45)42-12-8-10-14-46(42)55)48-30-32(2)44(28-34(48)4)50-26-24-40-22-20-38-18-16-36(6)57-52(38)54(40)59-50/h7-30H,1-6H3. The van der Waals surface area contributed by atoms with E-state index in [4.69, 9.17) is 19.9 Å². The lowest BCUT2D eigenvalue weighted by molar-refractivity contribution is 0.752. The van der Waals surface area contributed by atoms with Gasteiger partial charge in [0.15, 0.2) is 0 Å². The molecule has 4 nitrogen and oxygen atoms in total. The second-order valence-corrected chi connectivity index (χ2v) is 16.5. The Morgan fingerprint density at radius 2 is 0.661 bits per heavy atom. The predicted octanol–water partition coefficient (Wildman–Crippen LogP) is 13.4. The zero-order valence-corrected chi connectivity index (χ0v) is 34.1. The molecule has 0 bridgehead atoms. The molecule has 0 spiro atoms. The van der Waals surface area contributed by atoms with Crippen molar-refractivity contribution in [1.82, 2.24) is 19.9 Å². The van der Waals surface area contributed by atoms with Crippen LogP contribution in [0.25, 0.3) is 77.3 Å². The second kappa shape index (κ2) is 13.0. The van der Waals surface area contributed by atoms with Gasteiger partial charge in [-0.05, 0) is 134 Å². The average molecular weight is 759 g/mol. The lowest BCUT2D eigenvalue weighted by atomic mass is 9.64. The molecule has 0 unspecified atom stereocenters. The third-order valence-electron chi connectivity index (χ3n) is 12.8. The number of aryl methyl sites for hydroxylation is 6. The lowest BCUT2D eigenvalue weighted by Gasteiger charge is -2.37. The third-order valence-corrected chi connectivity index (χ3v) is 12.8. The van der Waals surface area contributed by atoms with Gasteiger partial charge < -0.3 is 0 Å². The molecule has 0 radical (unpaired) electrons. The van der Waals surface area contributed by atoms with E-state index in [1.165, 1.54) is 55.6 Å². The van der Waals surface area contributed by atoms with E-state index in [9.17, 15) is 0 Å². The molecule has 0 fully saturated rings. The van der Waals surface area contributed by atoms with Crippen molar-refractivity contribution >= 4 is 43.6 Å². The molecule has 6 aromatic carbocycles. The molecule has 4 heterocycles. The van der Waals surface area contributed by atoms with E-state index in [-0.39, 0.29) is 0 Å². The van der Waals surface area contributed by atoms with E-state index >= 15 is 0 Å². The maximum atomic E-state index is 5.32. The molecule has 1 aliphatic carbocycles. The van der Waals surface area contributed by atoms with E-state index in [0.29, 0.717) is 0 Å². The molecule has 282 valence electrons. The summed E-state index contributed by atoms with van der Waals surface area (Å²) >= 11 is 0. The van der Waals surface area contributed by atoms with E-state index in [2.05, 4.69) is 173 Å². The minimum atomic E-state index is -0.559. The van der Waals surface area contributed by atoms with Gasteiger partial charge in [-0.3, -0.25) is 9.97 Å². The molecule has 1 aliphatic rings. The fourth-order valence-electron chi connectivity index (χ4n) is 9.98. The molecular formula is C55H42N4. The van der Waals surface area contributed by atoms with Gasteiger partial charge in [0.05, 0.1) is 38.9 Å². The monoisotopic (exact) mass is 758 g/mol. The summed E-state index contributed by atoms with van der Waals surface area (Å²) in [4.78, 5) is 20.5. The van der Waals surface area contributed by atoms with Crippen molar-refractivity contribution in [3.8, 4) is 33.6 Å². The van der Waals surface area contributed by atoms with Crippen LogP contribution in [0.1, 0.15) is 55.9 Å². The van der Waals surface area contributed by atoms with Gasteiger partial charge in [-0.25, -0.2) is 9.97 Å². The van der Waals surface area contributed by atoms with Crippen LogP contribution in [0.5, 0.6) is 0 Å². The summed E-state index contributed by atoms with van der Waals surface area (Å²) in [5.41, 5.74) is 21.9. The molecule has 0 amide bonds. The average Bonchev–Trinajstić information content (AvgIpc) is 3.55. The highest BCUT2D eigenvalue weighted by Crippen LogP contribution is 2.58. The number of benzene rings is 6. The first-order valence-corrected chi connectivity index (χ1v) is 20.5. The van der Waals surface area contributed by atoms with Crippen LogP contribution < -0.4 is 0 Å². The first kappa shape index (κ1) is 35.1. The van der Waals surface area contributed by atoms with Gasteiger partial charge in [0, 0.05) is 44.1 Å². The summed E-state index contributed by atoms with van der Waals surface area (Å²) in [7, 11) is 0. The molecular weight excluding hydrogens is 717 g/mol. The van der Waals surface area contributed by atoms with Crippen LogP contribution in [0.2, 0.25) is 0 Å². The van der Waals surface area contributed by atoms with Crippen molar-refractivity contribution in [2.45, 2.75) is 47.0 Å². The number of aromatic nitrogens is 4. The van der Waals surface area contributed by atoms with Crippen LogP contribution in [-0.4, -0.2) is 19.9 Å². The van der Waals surface area contributed by atoms with Gasteiger partial charge in [-0.15, -0.1) is 0 Å². The minimum absolute atomic E-state index is 0.559. The highest BCUT2D eigenvalue weighted by atomic mass is 14.8. The molecule has 10 aromatic rings. The summed E-state index contributed by atoms with van der Waals surface area (Å²) in [6.07, 6.45) is 0. The number of pyridine rings is 4. The summed E-state index contributed by atoms with van der Waals surface area (Å²) in [5, 5.41) is 4.39. The molecule has 0 aliphatic heterocycles. The van der Waals surface area contributed by atoms with Crippen LogP contribution in [0.4, 0.5) is 0 Å². The van der Waals surface area contributed by atoms with Crippen molar-refractivity contribution in [2.24, 2.45) is 0 Å². The fraction of sp³-hybridized carbons (Fsp3) is 0.127.